The van der Waals surface area contributed by atoms with Crippen molar-refractivity contribution in [3.05, 3.63) is 63.4 Å². The van der Waals surface area contributed by atoms with Gasteiger partial charge in [0.05, 0.1) is 23.3 Å². The SMILES string of the molecule is COc1cccc(-c2noc(C)c2C(=O)N2CCN(c3cc(N)c([N+](=O)[O-])cc3C#N)CC2)c1. The van der Waals surface area contributed by atoms with E-state index in [0.717, 1.165) is 0 Å². The Kier molecular flexibility index (Phi) is 6.05. The van der Waals surface area contributed by atoms with Crippen molar-refractivity contribution < 1.29 is 19.0 Å². The first-order valence-corrected chi connectivity index (χ1v) is 10.5. The van der Waals surface area contributed by atoms with E-state index in [9.17, 15) is 20.2 Å². The second kappa shape index (κ2) is 9.11. The fourth-order valence-electron chi connectivity index (χ4n) is 4.00. The minimum absolute atomic E-state index is 0.0134. The summed E-state index contributed by atoms with van der Waals surface area (Å²) in [5.41, 5.74) is 7.73. The number of rotatable bonds is 5. The average molecular weight is 462 g/mol. The van der Waals surface area contributed by atoms with Crippen molar-refractivity contribution in [2.45, 2.75) is 6.92 Å². The highest BCUT2D eigenvalue weighted by molar-refractivity contribution is 6.01. The summed E-state index contributed by atoms with van der Waals surface area (Å²) >= 11 is 0. The highest BCUT2D eigenvalue weighted by atomic mass is 16.6. The standard InChI is InChI=1S/C23H22N6O5/c1-14-21(22(26-34-14)15-4-3-5-17(10-15)33-2)23(30)28-8-6-27(7-9-28)19-12-18(25)20(29(31)32)11-16(19)13-24/h3-5,10-12H,6-9,25H2,1-2H3. The molecule has 0 bridgehead atoms. The van der Waals surface area contributed by atoms with E-state index in [-0.39, 0.29) is 22.8 Å². The summed E-state index contributed by atoms with van der Waals surface area (Å²) in [6, 6.07) is 11.9. The molecule has 3 aromatic rings. The van der Waals surface area contributed by atoms with Crippen LogP contribution >= 0.6 is 0 Å². The van der Waals surface area contributed by atoms with Gasteiger partial charge in [-0.15, -0.1) is 0 Å². The van der Waals surface area contributed by atoms with Crippen LogP contribution in [0.2, 0.25) is 0 Å². The summed E-state index contributed by atoms with van der Waals surface area (Å²) in [6.45, 7) is 3.30. The van der Waals surface area contributed by atoms with Crippen molar-refractivity contribution >= 4 is 23.0 Å². The van der Waals surface area contributed by atoms with Crippen LogP contribution in [0.3, 0.4) is 0 Å². The summed E-state index contributed by atoms with van der Waals surface area (Å²) in [6.07, 6.45) is 0. The molecule has 1 aromatic heterocycles. The minimum Gasteiger partial charge on any atom is -0.497 e. The van der Waals surface area contributed by atoms with E-state index in [2.05, 4.69) is 5.16 Å². The maximum atomic E-state index is 13.4. The van der Waals surface area contributed by atoms with Gasteiger partial charge in [-0.1, -0.05) is 17.3 Å². The van der Waals surface area contributed by atoms with Crippen LogP contribution in [-0.2, 0) is 0 Å². The highest BCUT2D eigenvalue weighted by Crippen LogP contribution is 2.33. The number of hydrogen-bond donors (Lipinski definition) is 1. The number of hydrogen-bond acceptors (Lipinski definition) is 9. The molecule has 0 spiro atoms. The number of benzene rings is 2. The molecule has 1 fully saturated rings. The molecule has 0 radical (unpaired) electrons. The molecule has 2 N–H and O–H groups in total. The van der Waals surface area contributed by atoms with Crippen LogP contribution < -0.4 is 15.4 Å². The number of anilines is 2. The Morgan fingerprint density at radius 1 is 1.26 bits per heavy atom. The molecule has 11 heteroatoms. The predicted octanol–water partition coefficient (Wildman–Crippen LogP) is 2.98. The van der Waals surface area contributed by atoms with Gasteiger partial charge >= 0.3 is 0 Å². The Hall–Kier alpha value is -4.59. The Morgan fingerprint density at radius 3 is 2.65 bits per heavy atom. The van der Waals surface area contributed by atoms with E-state index in [1.54, 1.807) is 31.1 Å². The maximum Gasteiger partial charge on any atom is 0.293 e. The summed E-state index contributed by atoms with van der Waals surface area (Å²) in [5, 5.41) is 24.7. The first kappa shape index (κ1) is 22.6. The number of methoxy groups -OCH3 is 1. The number of aromatic nitrogens is 1. The number of nitrogens with two attached hydrogens (primary N) is 1. The second-order valence-corrected chi connectivity index (χ2v) is 7.77. The number of nitrogens with zero attached hydrogens (tertiary/aromatic N) is 5. The molecule has 11 nitrogen and oxygen atoms in total. The van der Waals surface area contributed by atoms with Crippen LogP contribution in [0.15, 0.2) is 40.9 Å². The zero-order chi connectivity index (χ0) is 24.4. The molecule has 2 aromatic carbocycles. The van der Waals surface area contributed by atoms with Crippen molar-refractivity contribution in [3.63, 3.8) is 0 Å². The van der Waals surface area contributed by atoms with Crippen molar-refractivity contribution in [2.24, 2.45) is 0 Å². The van der Waals surface area contributed by atoms with Crippen LogP contribution in [0.4, 0.5) is 17.1 Å². The number of ether oxygens (including phenoxy) is 1. The Labute approximate surface area is 195 Å². The van der Waals surface area contributed by atoms with Crippen LogP contribution in [0.5, 0.6) is 5.75 Å². The maximum absolute atomic E-state index is 13.4. The predicted molar refractivity (Wildman–Crippen MR) is 124 cm³/mol. The van der Waals surface area contributed by atoms with Gasteiger partial charge in [0.25, 0.3) is 11.6 Å². The quantitative estimate of drug-likeness (QED) is 0.342. The summed E-state index contributed by atoms with van der Waals surface area (Å²) in [5.74, 6) is 0.848. The van der Waals surface area contributed by atoms with Crippen LogP contribution in [0, 0.1) is 28.4 Å². The van der Waals surface area contributed by atoms with Crippen LogP contribution in [0.1, 0.15) is 21.7 Å². The Morgan fingerprint density at radius 2 is 2.00 bits per heavy atom. The van der Waals surface area contributed by atoms with Crippen LogP contribution in [0.25, 0.3) is 11.3 Å². The lowest BCUT2D eigenvalue weighted by Gasteiger charge is -2.36. The topological polar surface area (TPSA) is 152 Å². The normalized spacial score (nSPS) is 13.4. The molecule has 1 saturated heterocycles. The van der Waals surface area contributed by atoms with Crippen LogP contribution in [-0.4, -0.2) is 54.2 Å². The van der Waals surface area contributed by atoms with E-state index < -0.39 is 4.92 Å². The fraction of sp³-hybridized carbons (Fsp3) is 0.261. The summed E-state index contributed by atoms with van der Waals surface area (Å²) in [7, 11) is 1.56. The first-order chi connectivity index (χ1) is 16.3. The Balaban J connectivity index is 1.55. The molecular weight excluding hydrogens is 440 g/mol. The molecule has 4 rings (SSSR count). The molecule has 1 aliphatic heterocycles. The minimum atomic E-state index is -0.613. The second-order valence-electron chi connectivity index (χ2n) is 7.77. The summed E-state index contributed by atoms with van der Waals surface area (Å²) in [4.78, 5) is 27.5. The molecule has 1 aliphatic rings. The molecule has 0 aliphatic carbocycles. The highest BCUT2D eigenvalue weighted by Gasteiger charge is 2.30. The fourth-order valence-corrected chi connectivity index (χ4v) is 4.00. The third kappa shape index (κ3) is 4.09. The third-order valence-corrected chi connectivity index (χ3v) is 5.79. The van der Waals surface area contributed by atoms with Crippen molar-refractivity contribution in [1.29, 1.82) is 5.26 Å². The molecule has 0 saturated carbocycles. The van der Waals surface area contributed by atoms with Crippen molar-refractivity contribution in [2.75, 3.05) is 43.9 Å². The van der Waals surface area contributed by atoms with Crippen molar-refractivity contribution in [3.8, 4) is 23.1 Å². The lowest BCUT2D eigenvalue weighted by molar-refractivity contribution is -0.383. The molecule has 174 valence electrons. The smallest absolute Gasteiger partial charge is 0.293 e. The van der Waals surface area contributed by atoms with E-state index in [1.807, 2.05) is 23.1 Å². The zero-order valence-corrected chi connectivity index (χ0v) is 18.6. The third-order valence-electron chi connectivity index (χ3n) is 5.79. The number of nitro groups is 1. The van der Waals surface area contributed by atoms with E-state index in [0.29, 0.717) is 60.2 Å². The van der Waals surface area contributed by atoms with E-state index in [1.165, 1.54) is 12.1 Å². The Bertz CT molecular complexity index is 1300. The van der Waals surface area contributed by atoms with Gasteiger partial charge < -0.3 is 24.8 Å². The van der Waals surface area contributed by atoms with Gasteiger partial charge in [0.1, 0.15) is 34.5 Å². The summed E-state index contributed by atoms with van der Waals surface area (Å²) < 4.78 is 10.6. The van der Waals surface area contributed by atoms with Gasteiger partial charge in [-0.25, -0.2) is 0 Å². The number of carbonyl (C=O) groups is 1. The number of piperazine rings is 1. The van der Waals surface area contributed by atoms with Gasteiger partial charge in [0, 0.05) is 37.8 Å². The number of carbonyl (C=O) groups excluding carboxylic acids is 1. The lowest BCUT2D eigenvalue weighted by Crippen LogP contribution is -2.49. The number of nitrogen functional groups attached to an aromatic ring is 1. The van der Waals surface area contributed by atoms with Gasteiger partial charge in [-0.3, -0.25) is 14.9 Å². The number of amides is 1. The number of aryl methyl sites for hydroxylation is 1. The molecular formula is C23H22N6O5. The first-order valence-electron chi connectivity index (χ1n) is 10.5. The van der Waals surface area contributed by atoms with Gasteiger partial charge in [0.2, 0.25) is 0 Å². The van der Waals surface area contributed by atoms with Gasteiger partial charge in [0.15, 0.2) is 0 Å². The molecule has 2 heterocycles. The van der Waals surface area contributed by atoms with Gasteiger partial charge in [-0.2, -0.15) is 5.26 Å². The largest absolute Gasteiger partial charge is 0.497 e. The molecule has 0 atom stereocenters. The average Bonchev–Trinajstić information content (AvgIpc) is 3.24. The monoisotopic (exact) mass is 462 g/mol. The van der Waals surface area contributed by atoms with Crippen molar-refractivity contribution in [1.82, 2.24) is 10.1 Å². The van der Waals surface area contributed by atoms with E-state index in [4.69, 9.17) is 15.0 Å². The lowest BCUT2D eigenvalue weighted by atomic mass is 10.0. The number of nitriles is 1. The molecule has 0 unspecified atom stereocenters. The zero-order valence-electron chi connectivity index (χ0n) is 18.6. The molecule has 1 amide bonds. The number of nitro benzene ring substituents is 1. The van der Waals surface area contributed by atoms with Gasteiger partial charge in [-0.05, 0) is 25.1 Å². The van der Waals surface area contributed by atoms with E-state index >= 15 is 0 Å². The molecule has 34 heavy (non-hydrogen) atoms.